The van der Waals surface area contributed by atoms with Gasteiger partial charge in [-0.25, -0.2) is 13.9 Å². The quantitative estimate of drug-likeness (QED) is 0.598. The van der Waals surface area contributed by atoms with Crippen molar-refractivity contribution < 1.29 is 9.18 Å². The molecule has 0 aliphatic heterocycles. The fourth-order valence-corrected chi connectivity index (χ4v) is 2.90. The number of pyridine rings is 1. The van der Waals surface area contributed by atoms with Crippen molar-refractivity contribution in [1.29, 1.82) is 0 Å². The van der Waals surface area contributed by atoms with E-state index < -0.39 is 0 Å². The zero-order valence-corrected chi connectivity index (χ0v) is 14.7. The lowest BCUT2D eigenvalue weighted by Crippen LogP contribution is -2.14. The average Bonchev–Trinajstić information content (AvgIpc) is 3.03. The van der Waals surface area contributed by atoms with Crippen molar-refractivity contribution >= 4 is 17.2 Å². The number of benzene rings is 2. The number of carbonyl (C=O) groups excluding carboxylic acids is 1. The number of aryl methyl sites for hydroxylation is 1. The predicted octanol–water partition coefficient (Wildman–Crippen LogP) is 4.03. The van der Waals surface area contributed by atoms with Crippen molar-refractivity contribution in [2.75, 3.05) is 5.32 Å². The molecular weight excluding hydrogens is 343 g/mol. The highest BCUT2D eigenvalue weighted by Gasteiger charge is 2.06. The molecule has 0 fully saturated rings. The van der Waals surface area contributed by atoms with Crippen LogP contribution in [-0.2, 0) is 11.2 Å². The van der Waals surface area contributed by atoms with Gasteiger partial charge in [0.2, 0.25) is 5.91 Å². The second-order valence-corrected chi connectivity index (χ2v) is 6.31. The molecule has 1 N–H and O–H groups in total. The highest BCUT2D eigenvalue weighted by molar-refractivity contribution is 5.92. The Labute approximate surface area is 155 Å². The summed E-state index contributed by atoms with van der Waals surface area (Å²) in [5.41, 5.74) is 4.31. The van der Waals surface area contributed by atoms with Crippen molar-refractivity contribution in [2.24, 2.45) is 0 Å². The highest BCUT2D eigenvalue weighted by atomic mass is 19.1. The smallest absolute Gasteiger partial charge is 0.228 e. The van der Waals surface area contributed by atoms with Crippen molar-refractivity contribution in [3.63, 3.8) is 0 Å². The number of nitrogens with one attached hydrogen (secondary N) is 1. The molecule has 0 spiro atoms. The van der Waals surface area contributed by atoms with Gasteiger partial charge in [-0.3, -0.25) is 4.79 Å². The Morgan fingerprint density at radius 3 is 2.44 bits per heavy atom. The third-order valence-corrected chi connectivity index (χ3v) is 4.22. The molecule has 0 unspecified atom stereocenters. The molecule has 4 aromatic rings. The summed E-state index contributed by atoms with van der Waals surface area (Å²) in [6, 6.07) is 17.4. The molecule has 5 nitrogen and oxygen atoms in total. The number of nitrogens with zero attached hydrogens (tertiary/aromatic N) is 3. The number of amides is 1. The van der Waals surface area contributed by atoms with Crippen LogP contribution in [0.5, 0.6) is 0 Å². The largest absolute Gasteiger partial charge is 0.326 e. The number of carbonyl (C=O) groups is 1. The lowest BCUT2D eigenvalue weighted by molar-refractivity contribution is -0.115. The molecular formula is C21H17FN4O. The second kappa shape index (κ2) is 6.99. The molecule has 0 atom stereocenters. The zero-order chi connectivity index (χ0) is 18.8. The standard InChI is InChI=1S/C21H17FN4O/c1-14-23-20-11-6-17(13-26(20)25-14)16-4-9-19(10-5-16)24-21(27)12-15-2-7-18(22)8-3-15/h2-11,13H,12H2,1H3,(H,24,27). The molecule has 2 aromatic heterocycles. The van der Waals surface area contributed by atoms with Gasteiger partial charge in [-0.2, -0.15) is 5.10 Å². The van der Waals surface area contributed by atoms with Crippen LogP contribution >= 0.6 is 0 Å². The lowest BCUT2D eigenvalue weighted by atomic mass is 10.1. The first kappa shape index (κ1) is 16.9. The monoisotopic (exact) mass is 360 g/mol. The summed E-state index contributed by atoms with van der Waals surface area (Å²) >= 11 is 0. The minimum absolute atomic E-state index is 0.145. The molecule has 0 radical (unpaired) electrons. The maximum absolute atomic E-state index is 12.9. The summed E-state index contributed by atoms with van der Waals surface area (Å²) in [5.74, 6) is 0.272. The van der Waals surface area contributed by atoms with Gasteiger partial charge in [-0.05, 0) is 54.4 Å². The van der Waals surface area contributed by atoms with E-state index in [0.29, 0.717) is 5.69 Å². The SMILES string of the molecule is Cc1nc2ccc(-c3ccc(NC(=O)Cc4ccc(F)cc4)cc3)cn2n1. The summed E-state index contributed by atoms with van der Waals surface area (Å²) in [6.07, 6.45) is 2.13. The van der Waals surface area contributed by atoms with Crippen LogP contribution in [-0.4, -0.2) is 20.5 Å². The van der Waals surface area contributed by atoms with Gasteiger partial charge in [0.25, 0.3) is 0 Å². The summed E-state index contributed by atoms with van der Waals surface area (Å²) in [5, 5.41) is 7.18. The van der Waals surface area contributed by atoms with Crippen LogP contribution in [0.15, 0.2) is 66.9 Å². The molecule has 6 heteroatoms. The van der Waals surface area contributed by atoms with Crippen LogP contribution in [0.2, 0.25) is 0 Å². The first-order chi connectivity index (χ1) is 13.1. The van der Waals surface area contributed by atoms with E-state index in [1.807, 2.05) is 49.5 Å². The zero-order valence-electron chi connectivity index (χ0n) is 14.7. The van der Waals surface area contributed by atoms with E-state index in [0.717, 1.165) is 28.2 Å². The molecule has 27 heavy (non-hydrogen) atoms. The number of anilines is 1. The van der Waals surface area contributed by atoms with Crippen LogP contribution in [0, 0.1) is 12.7 Å². The molecule has 1 amide bonds. The number of aromatic nitrogens is 3. The Balaban J connectivity index is 1.46. The van der Waals surface area contributed by atoms with E-state index in [1.54, 1.807) is 16.6 Å². The van der Waals surface area contributed by atoms with E-state index in [1.165, 1.54) is 12.1 Å². The summed E-state index contributed by atoms with van der Waals surface area (Å²) in [4.78, 5) is 16.5. The second-order valence-electron chi connectivity index (χ2n) is 6.31. The van der Waals surface area contributed by atoms with Gasteiger partial charge >= 0.3 is 0 Å². The third-order valence-electron chi connectivity index (χ3n) is 4.22. The first-order valence-corrected chi connectivity index (χ1v) is 8.54. The van der Waals surface area contributed by atoms with Crippen LogP contribution in [0.25, 0.3) is 16.8 Å². The maximum Gasteiger partial charge on any atom is 0.228 e. The Bertz CT molecular complexity index is 1100. The number of fused-ring (bicyclic) bond motifs is 1. The minimum Gasteiger partial charge on any atom is -0.326 e. The van der Waals surface area contributed by atoms with Crippen molar-refractivity contribution in [2.45, 2.75) is 13.3 Å². The number of halogens is 1. The Morgan fingerprint density at radius 2 is 1.70 bits per heavy atom. The highest BCUT2D eigenvalue weighted by Crippen LogP contribution is 2.22. The summed E-state index contributed by atoms with van der Waals surface area (Å²) < 4.78 is 14.7. The van der Waals surface area contributed by atoms with Crippen LogP contribution in [0.4, 0.5) is 10.1 Å². The Kier molecular flexibility index (Phi) is 4.38. The molecule has 2 aromatic carbocycles. The van der Waals surface area contributed by atoms with Gasteiger partial charge in [-0.1, -0.05) is 24.3 Å². The molecule has 0 saturated heterocycles. The summed E-state index contributed by atoms with van der Waals surface area (Å²) in [7, 11) is 0. The van der Waals surface area contributed by atoms with E-state index in [2.05, 4.69) is 15.4 Å². The Morgan fingerprint density at radius 1 is 1.00 bits per heavy atom. The van der Waals surface area contributed by atoms with Crippen molar-refractivity contribution in [3.05, 3.63) is 84.1 Å². The molecule has 0 aliphatic carbocycles. The van der Waals surface area contributed by atoms with E-state index >= 15 is 0 Å². The normalized spacial score (nSPS) is 10.9. The molecule has 0 aliphatic rings. The van der Waals surface area contributed by atoms with Gasteiger partial charge < -0.3 is 5.32 Å². The predicted molar refractivity (Wildman–Crippen MR) is 102 cm³/mol. The van der Waals surface area contributed by atoms with Gasteiger partial charge in [0.1, 0.15) is 11.6 Å². The minimum atomic E-state index is -0.311. The van der Waals surface area contributed by atoms with Gasteiger partial charge in [0, 0.05) is 17.4 Å². The molecule has 134 valence electrons. The van der Waals surface area contributed by atoms with Gasteiger partial charge in [0.05, 0.1) is 6.42 Å². The van der Waals surface area contributed by atoms with Gasteiger partial charge in [0.15, 0.2) is 5.65 Å². The summed E-state index contributed by atoms with van der Waals surface area (Å²) in [6.45, 7) is 1.86. The maximum atomic E-state index is 12.9. The van der Waals surface area contributed by atoms with Crippen LogP contribution in [0.1, 0.15) is 11.4 Å². The first-order valence-electron chi connectivity index (χ1n) is 8.54. The topological polar surface area (TPSA) is 59.3 Å². The Hall–Kier alpha value is -3.54. The van der Waals surface area contributed by atoms with Gasteiger partial charge in [-0.15, -0.1) is 0 Å². The third kappa shape index (κ3) is 3.84. The van der Waals surface area contributed by atoms with E-state index in [-0.39, 0.29) is 18.1 Å². The average molecular weight is 360 g/mol. The van der Waals surface area contributed by atoms with Crippen molar-refractivity contribution in [3.8, 4) is 11.1 Å². The fourth-order valence-electron chi connectivity index (χ4n) is 2.90. The number of rotatable bonds is 4. The molecule has 0 bridgehead atoms. The van der Waals surface area contributed by atoms with E-state index in [9.17, 15) is 9.18 Å². The van der Waals surface area contributed by atoms with Crippen molar-refractivity contribution in [1.82, 2.24) is 14.6 Å². The fraction of sp³-hybridized carbons (Fsp3) is 0.0952. The molecule has 0 saturated carbocycles. The molecule has 4 rings (SSSR count). The van der Waals surface area contributed by atoms with Crippen LogP contribution in [0.3, 0.4) is 0 Å². The van der Waals surface area contributed by atoms with Crippen LogP contribution < -0.4 is 5.32 Å². The number of hydrogen-bond acceptors (Lipinski definition) is 3. The number of hydrogen-bond donors (Lipinski definition) is 1. The molecule has 2 heterocycles. The van der Waals surface area contributed by atoms with E-state index in [4.69, 9.17) is 0 Å². The lowest BCUT2D eigenvalue weighted by Gasteiger charge is -2.07.